The van der Waals surface area contributed by atoms with Gasteiger partial charge in [0.15, 0.2) is 11.8 Å². The molecule has 2 aromatic rings. The second-order valence-electron chi connectivity index (χ2n) is 5.46. The minimum Gasteiger partial charge on any atom is -0.482 e. The van der Waals surface area contributed by atoms with Crippen LogP contribution in [0, 0.1) is 0 Å². The number of carboxylic acid groups (broad SMARTS) is 1. The van der Waals surface area contributed by atoms with E-state index in [1.807, 2.05) is 30.3 Å². The molecular formula is C19H16N2O4S. The van der Waals surface area contributed by atoms with Gasteiger partial charge in [0.1, 0.15) is 5.75 Å². The molecule has 6 nitrogen and oxygen atoms in total. The van der Waals surface area contributed by atoms with Crippen molar-refractivity contribution in [2.24, 2.45) is 4.99 Å². The number of ether oxygens (including phenoxy) is 1. The predicted molar refractivity (Wildman–Crippen MR) is 101 cm³/mol. The number of thioether (sulfide) groups is 1. The van der Waals surface area contributed by atoms with E-state index < -0.39 is 12.6 Å². The Morgan fingerprint density at radius 1 is 1.19 bits per heavy atom. The Labute approximate surface area is 154 Å². The van der Waals surface area contributed by atoms with Crippen molar-refractivity contribution in [3.63, 3.8) is 0 Å². The quantitative estimate of drug-likeness (QED) is 0.819. The number of benzene rings is 2. The topological polar surface area (TPSA) is 79.2 Å². The van der Waals surface area contributed by atoms with Crippen LogP contribution in [0.15, 0.2) is 64.5 Å². The van der Waals surface area contributed by atoms with Crippen molar-refractivity contribution in [2.75, 3.05) is 13.7 Å². The summed E-state index contributed by atoms with van der Waals surface area (Å²) in [5, 5.41) is 9.23. The number of amidine groups is 1. The largest absolute Gasteiger partial charge is 0.482 e. The average Bonchev–Trinajstić information content (AvgIpc) is 2.90. The summed E-state index contributed by atoms with van der Waals surface area (Å²) in [5.41, 5.74) is 1.61. The molecule has 0 saturated carbocycles. The van der Waals surface area contributed by atoms with Gasteiger partial charge in [0.05, 0.1) is 10.6 Å². The van der Waals surface area contributed by atoms with Crippen molar-refractivity contribution in [3.05, 3.63) is 65.1 Å². The highest BCUT2D eigenvalue weighted by Crippen LogP contribution is 2.33. The van der Waals surface area contributed by atoms with Crippen molar-refractivity contribution < 1.29 is 19.4 Å². The van der Waals surface area contributed by atoms with Gasteiger partial charge < -0.3 is 9.84 Å². The summed E-state index contributed by atoms with van der Waals surface area (Å²) in [5.74, 6) is -0.684. The smallest absolute Gasteiger partial charge is 0.341 e. The van der Waals surface area contributed by atoms with Gasteiger partial charge in [-0.15, -0.1) is 0 Å². The summed E-state index contributed by atoms with van der Waals surface area (Å²) in [6, 6.07) is 16.3. The molecule has 0 unspecified atom stereocenters. The van der Waals surface area contributed by atoms with Crippen molar-refractivity contribution in [3.8, 4) is 5.75 Å². The maximum atomic E-state index is 12.4. The number of carboxylic acids is 1. The zero-order valence-electron chi connectivity index (χ0n) is 14.0. The Balaban J connectivity index is 1.75. The average molecular weight is 368 g/mol. The third-order valence-electron chi connectivity index (χ3n) is 3.52. The molecule has 1 fully saturated rings. The summed E-state index contributed by atoms with van der Waals surface area (Å²) in [4.78, 5) is 29.5. The number of aliphatic imine (C=N–C) groups is 1. The molecule has 1 aliphatic rings. The van der Waals surface area contributed by atoms with Gasteiger partial charge in [0, 0.05) is 7.05 Å². The van der Waals surface area contributed by atoms with E-state index in [1.54, 1.807) is 37.4 Å². The molecule has 0 aromatic heterocycles. The molecule has 1 amide bonds. The lowest BCUT2D eigenvalue weighted by molar-refractivity contribution is -0.139. The van der Waals surface area contributed by atoms with Gasteiger partial charge in [0.25, 0.3) is 5.91 Å². The van der Waals surface area contributed by atoms with Crippen LogP contribution in [0.25, 0.3) is 6.08 Å². The first-order valence-corrected chi connectivity index (χ1v) is 8.60. The Bertz CT molecular complexity index is 876. The lowest BCUT2D eigenvalue weighted by Gasteiger charge is -2.06. The Morgan fingerprint density at radius 3 is 2.54 bits per heavy atom. The van der Waals surface area contributed by atoms with Gasteiger partial charge in [-0.05, 0) is 47.7 Å². The molecule has 1 aliphatic heterocycles. The maximum Gasteiger partial charge on any atom is 0.341 e. The summed E-state index contributed by atoms with van der Waals surface area (Å²) < 4.78 is 5.09. The van der Waals surface area contributed by atoms with Gasteiger partial charge in [-0.25, -0.2) is 9.79 Å². The number of para-hydroxylation sites is 1. The van der Waals surface area contributed by atoms with E-state index in [-0.39, 0.29) is 5.91 Å². The van der Waals surface area contributed by atoms with Crippen molar-refractivity contribution in [2.45, 2.75) is 0 Å². The van der Waals surface area contributed by atoms with Crippen LogP contribution >= 0.6 is 11.8 Å². The number of aliphatic carboxylic acids is 1. The van der Waals surface area contributed by atoms with Crippen LogP contribution in [0.4, 0.5) is 5.69 Å². The number of hydrogen-bond donors (Lipinski definition) is 1. The molecule has 2 aromatic carbocycles. The number of rotatable bonds is 5. The molecule has 1 saturated heterocycles. The molecule has 1 heterocycles. The molecule has 3 rings (SSSR count). The van der Waals surface area contributed by atoms with Gasteiger partial charge in [-0.2, -0.15) is 0 Å². The summed E-state index contributed by atoms with van der Waals surface area (Å²) >= 11 is 1.31. The highest BCUT2D eigenvalue weighted by molar-refractivity contribution is 8.18. The first kappa shape index (κ1) is 17.8. The Hall–Kier alpha value is -3.06. The van der Waals surface area contributed by atoms with E-state index in [1.165, 1.54) is 16.7 Å². The molecule has 0 aliphatic carbocycles. The second kappa shape index (κ2) is 7.88. The Morgan fingerprint density at radius 2 is 1.88 bits per heavy atom. The summed E-state index contributed by atoms with van der Waals surface area (Å²) in [6.45, 7) is -0.390. The zero-order chi connectivity index (χ0) is 18.5. The molecule has 0 spiro atoms. The SMILES string of the molecule is CN1C(=O)/C(=C/c2ccc(OCC(=O)O)cc2)SC1=Nc1ccccc1. The monoisotopic (exact) mass is 368 g/mol. The first-order valence-electron chi connectivity index (χ1n) is 7.79. The molecule has 0 radical (unpaired) electrons. The van der Waals surface area contributed by atoms with Crippen molar-refractivity contribution >= 4 is 40.6 Å². The van der Waals surface area contributed by atoms with Crippen LogP contribution in [0.3, 0.4) is 0 Å². The van der Waals surface area contributed by atoms with E-state index >= 15 is 0 Å². The lowest BCUT2D eigenvalue weighted by Crippen LogP contribution is -2.23. The third kappa shape index (κ3) is 4.31. The maximum absolute atomic E-state index is 12.4. The second-order valence-corrected chi connectivity index (χ2v) is 6.47. The highest BCUT2D eigenvalue weighted by Gasteiger charge is 2.30. The summed E-state index contributed by atoms with van der Waals surface area (Å²) in [7, 11) is 1.70. The minimum atomic E-state index is -1.03. The van der Waals surface area contributed by atoms with E-state index in [2.05, 4.69) is 4.99 Å². The minimum absolute atomic E-state index is 0.115. The molecule has 1 N–H and O–H groups in total. The fourth-order valence-electron chi connectivity index (χ4n) is 2.22. The molecular weight excluding hydrogens is 352 g/mol. The molecule has 0 bridgehead atoms. The highest BCUT2D eigenvalue weighted by atomic mass is 32.2. The molecule has 132 valence electrons. The number of carbonyl (C=O) groups excluding carboxylic acids is 1. The molecule has 0 atom stereocenters. The first-order chi connectivity index (χ1) is 12.5. The van der Waals surface area contributed by atoms with E-state index in [9.17, 15) is 9.59 Å². The van der Waals surface area contributed by atoms with Crippen molar-refractivity contribution in [1.29, 1.82) is 0 Å². The van der Waals surface area contributed by atoms with Crippen LogP contribution in [-0.4, -0.2) is 40.7 Å². The summed E-state index contributed by atoms with van der Waals surface area (Å²) in [6.07, 6.45) is 1.78. The fourth-order valence-corrected chi connectivity index (χ4v) is 3.21. The zero-order valence-corrected chi connectivity index (χ0v) is 14.8. The predicted octanol–water partition coefficient (Wildman–Crippen LogP) is 3.38. The third-order valence-corrected chi connectivity index (χ3v) is 4.58. The van der Waals surface area contributed by atoms with E-state index in [4.69, 9.17) is 9.84 Å². The normalized spacial score (nSPS) is 17.1. The van der Waals surface area contributed by atoms with Gasteiger partial charge in [-0.1, -0.05) is 30.3 Å². The number of likely N-dealkylation sites (N-methyl/N-ethyl adjacent to an activating group) is 1. The molecule has 7 heteroatoms. The van der Waals surface area contributed by atoms with Gasteiger partial charge in [0.2, 0.25) is 0 Å². The van der Waals surface area contributed by atoms with Crippen LogP contribution in [0.1, 0.15) is 5.56 Å². The number of nitrogens with zero attached hydrogens (tertiary/aromatic N) is 2. The van der Waals surface area contributed by atoms with E-state index in [0.29, 0.717) is 15.8 Å². The number of hydrogen-bond acceptors (Lipinski definition) is 5. The lowest BCUT2D eigenvalue weighted by atomic mass is 10.2. The van der Waals surface area contributed by atoms with Crippen LogP contribution in [0.2, 0.25) is 0 Å². The number of amides is 1. The van der Waals surface area contributed by atoms with Gasteiger partial charge >= 0.3 is 5.97 Å². The van der Waals surface area contributed by atoms with Crippen molar-refractivity contribution in [1.82, 2.24) is 4.90 Å². The molecule has 26 heavy (non-hydrogen) atoms. The fraction of sp³-hybridized carbons (Fsp3) is 0.105. The van der Waals surface area contributed by atoms with Gasteiger partial charge in [-0.3, -0.25) is 9.69 Å². The van der Waals surface area contributed by atoms with Crippen LogP contribution < -0.4 is 4.74 Å². The van der Waals surface area contributed by atoms with Crippen LogP contribution in [-0.2, 0) is 9.59 Å². The van der Waals surface area contributed by atoms with E-state index in [0.717, 1.165) is 11.3 Å². The standard InChI is InChI=1S/C19H16N2O4S/c1-21-18(24)16(26-19(21)20-14-5-3-2-4-6-14)11-13-7-9-15(10-8-13)25-12-17(22)23/h2-11H,12H2,1H3,(H,22,23)/b16-11-,20-19?. The van der Waals surface area contributed by atoms with Crippen LogP contribution in [0.5, 0.6) is 5.75 Å². The number of carbonyl (C=O) groups is 2. The Kier molecular flexibility index (Phi) is 5.38.